The van der Waals surface area contributed by atoms with Gasteiger partial charge in [0.15, 0.2) is 0 Å². The number of carbonyl (C=O) groups excluding carboxylic acids is 1. The maximum Gasteiger partial charge on any atom is 0.272 e. The van der Waals surface area contributed by atoms with Crippen molar-refractivity contribution in [1.82, 2.24) is 9.88 Å². The van der Waals surface area contributed by atoms with Gasteiger partial charge in [-0.25, -0.2) is 4.98 Å². The molecule has 1 aliphatic rings. The van der Waals surface area contributed by atoms with Crippen molar-refractivity contribution < 1.29 is 4.79 Å². The van der Waals surface area contributed by atoms with Crippen LogP contribution in [0.15, 0.2) is 18.2 Å². The van der Waals surface area contributed by atoms with Crippen LogP contribution in [-0.2, 0) is 0 Å². The smallest absolute Gasteiger partial charge is 0.272 e. The van der Waals surface area contributed by atoms with Crippen molar-refractivity contribution in [3.8, 4) is 0 Å². The van der Waals surface area contributed by atoms with Gasteiger partial charge < -0.3 is 4.90 Å². The molecule has 98 valence electrons. The molecule has 0 aliphatic heterocycles. The van der Waals surface area contributed by atoms with Crippen LogP contribution in [0.3, 0.4) is 0 Å². The quantitative estimate of drug-likeness (QED) is 0.783. The van der Waals surface area contributed by atoms with Crippen molar-refractivity contribution in [3.63, 3.8) is 0 Å². The van der Waals surface area contributed by atoms with Gasteiger partial charge in [-0.2, -0.15) is 0 Å². The third kappa shape index (κ3) is 3.10. The van der Waals surface area contributed by atoms with Gasteiger partial charge in [0.05, 0.1) is 0 Å². The predicted molar refractivity (Wildman–Crippen MR) is 76.1 cm³/mol. The highest BCUT2D eigenvalue weighted by molar-refractivity contribution is 9.09. The first-order valence-corrected chi connectivity index (χ1v) is 7.65. The Balaban J connectivity index is 2.11. The molecule has 1 aromatic rings. The Morgan fingerprint density at radius 1 is 1.50 bits per heavy atom. The number of pyridine rings is 1. The molecular weight excluding hydrogens is 292 g/mol. The van der Waals surface area contributed by atoms with Gasteiger partial charge >= 0.3 is 0 Å². The minimum absolute atomic E-state index is 0.0874. The third-order valence-electron chi connectivity index (χ3n) is 3.42. The normalized spacial score (nSPS) is 15.2. The molecule has 2 rings (SSSR count). The van der Waals surface area contributed by atoms with E-state index >= 15 is 0 Å². The second-order valence-electron chi connectivity index (χ2n) is 4.79. The van der Waals surface area contributed by atoms with Crippen molar-refractivity contribution in [2.75, 3.05) is 11.9 Å². The first kappa shape index (κ1) is 13.5. The predicted octanol–water partition coefficient (Wildman–Crippen LogP) is 3.17. The second kappa shape index (κ2) is 6.32. The standard InChI is InChI=1S/C14H19BrN2O/c1-11-5-2-8-13(16-11)14(18)17(10-4-9-15)12-6-3-7-12/h2,5,8,12H,3-4,6-7,9-10H2,1H3. The molecule has 0 unspecified atom stereocenters. The molecule has 0 spiro atoms. The Morgan fingerprint density at radius 2 is 2.28 bits per heavy atom. The number of hydrogen-bond acceptors (Lipinski definition) is 2. The van der Waals surface area contributed by atoms with Crippen molar-refractivity contribution in [1.29, 1.82) is 0 Å². The molecule has 4 heteroatoms. The van der Waals surface area contributed by atoms with Gasteiger partial charge in [0.25, 0.3) is 5.91 Å². The number of alkyl halides is 1. The van der Waals surface area contributed by atoms with Gasteiger partial charge in [0, 0.05) is 23.6 Å². The van der Waals surface area contributed by atoms with Gasteiger partial charge in [-0.1, -0.05) is 22.0 Å². The average Bonchev–Trinajstić information content (AvgIpc) is 2.31. The Hall–Kier alpha value is -0.900. The molecule has 0 aromatic carbocycles. The van der Waals surface area contributed by atoms with E-state index < -0.39 is 0 Å². The first-order chi connectivity index (χ1) is 8.72. The van der Waals surface area contributed by atoms with E-state index in [2.05, 4.69) is 20.9 Å². The second-order valence-corrected chi connectivity index (χ2v) is 5.58. The van der Waals surface area contributed by atoms with E-state index in [4.69, 9.17) is 0 Å². The minimum Gasteiger partial charge on any atom is -0.334 e. The number of aromatic nitrogens is 1. The van der Waals surface area contributed by atoms with E-state index in [-0.39, 0.29) is 5.91 Å². The van der Waals surface area contributed by atoms with Crippen LogP contribution in [-0.4, -0.2) is 33.7 Å². The number of hydrogen-bond donors (Lipinski definition) is 0. The summed E-state index contributed by atoms with van der Waals surface area (Å²) < 4.78 is 0. The van der Waals surface area contributed by atoms with E-state index in [1.54, 1.807) is 0 Å². The van der Waals surface area contributed by atoms with E-state index in [1.165, 1.54) is 6.42 Å². The monoisotopic (exact) mass is 310 g/mol. The highest BCUT2D eigenvalue weighted by Crippen LogP contribution is 2.26. The van der Waals surface area contributed by atoms with Crippen LogP contribution in [0.1, 0.15) is 41.9 Å². The van der Waals surface area contributed by atoms with Crippen molar-refractivity contribution in [2.45, 2.75) is 38.6 Å². The Bertz CT molecular complexity index is 418. The fourth-order valence-corrected chi connectivity index (χ4v) is 2.44. The van der Waals surface area contributed by atoms with Crippen molar-refractivity contribution in [3.05, 3.63) is 29.6 Å². The van der Waals surface area contributed by atoms with E-state index in [9.17, 15) is 4.79 Å². The summed E-state index contributed by atoms with van der Waals surface area (Å²) in [6.45, 7) is 2.74. The van der Waals surface area contributed by atoms with Gasteiger partial charge in [-0.3, -0.25) is 4.79 Å². The molecule has 1 saturated carbocycles. The summed E-state index contributed by atoms with van der Waals surface area (Å²) in [5.74, 6) is 0.0874. The van der Waals surface area contributed by atoms with Gasteiger partial charge in [0.2, 0.25) is 0 Å². The van der Waals surface area contributed by atoms with Gasteiger partial charge in [0.1, 0.15) is 5.69 Å². The number of carbonyl (C=O) groups is 1. The molecule has 1 amide bonds. The molecule has 1 aliphatic carbocycles. The highest BCUT2D eigenvalue weighted by atomic mass is 79.9. The maximum absolute atomic E-state index is 12.5. The minimum atomic E-state index is 0.0874. The molecule has 0 saturated heterocycles. The Kier molecular flexibility index (Phi) is 4.75. The lowest BCUT2D eigenvalue weighted by molar-refractivity contribution is 0.0575. The zero-order valence-corrected chi connectivity index (χ0v) is 12.3. The van der Waals surface area contributed by atoms with E-state index in [0.717, 1.165) is 36.8 Å². The molecule has 1 aromatic heterocycles. The van der Waals surface area contributed by atoms with Gasteiger partial charge in [-0.05, 0) is 44.7 Å². The summed E-state index contributed by atoms with van der Waals surface area (Å²) in [7, 11) is 0. The largest absolute Gasteiger partial charge is 0.334 e. The van der Waals surface area contributed by atoms with Crippen LogP contribution in [0.5, 0.6) is 0 Å². The maximum atomic E-state index is 12.5. The average molecular weight is 311 g/mol. The lowest BCUT2D eigenvalue weighted by Gasteiger charge is -2.37. The summed E-state index contributed by atoms with van der Waals surface area (Å²) in [5, 5.41) is 0.935. The van der Waals surface area contributed by atoms with E-state index in [1.807, 2.05) is 30.0 Å². The molecule has 0 bridgehead atoms. The van der Waals surface area contributed by atoms with Crippen LogP contribution >= 0.6 is 15.9 Å². The van der Waals surface area contributed by atoms with Crippen LogP contribution in [0.2, 0.25) is 0 Å². The van der Waals surface area contributed by atoms with E-state index in [0.29, 0.717) is 11.7 Å². The van der Waals surface area contributed by atoms with Crippen LogP contribution in [0.4, 0.5) is 0 Å². The first-order valence-electron chi connectivity index (χ1n) is 6.53. The Morgan fingerprint density at radius 3 is 2.83 bits per heavy atom. The summed E-state index contributed by atoms with van der Waals surface area (Å²) in [4.78, 5) is 18.8. The number of rotatable bonds is 5. The lowest BCUT2D eigenvalue weighted by atomic mass is 9.91. The summed E-state index contributed by atoms with van der Waals surface area (Å²) in [6, 6.07) is 6.07. The summed E-state index contributed by atoms with van der Waals surface area (Å²) in [5.41, 5.74) is 1.48. The Labute approximate surface area is 117 Å². The third-order valence-corrected chi connectivity index (χ3v) is 3.98. The molecule has 0 radical (unpaired) electrons. The molecule has 18 heavy (non-hydrogen) atoms. The fourth-order valence-electron chi connectivity index (χ4n) is 2.19. The fraction of sp³-hybridized carbons (Fsp3) is 0.571. The SMILES string of the molecule is Cc1cccc(C(=O)N(CCCBr)C2CCC2)n1. The number of aryl methyl sites for hydroxylation is 1. The molecule has 1 fully saturated rings. The van der Waals surface area contributed by atoms with Gasteiger partial charge in [-0.15, -0.1) is 0 Å². The van der Waals surface area contributed by atoms with Crippen LogP contribution < -0.4 is 0 Å². The number of amides is 1. The summed E-state index contributed by atoms with van der Waals surface area (Å²) >= 11 is 3.43. The summed E-state index contributed by atoms with van der Waals surface area (Å²) in [6.07, 6.45) is 4.51. The highest BCUT2D eigenvalue weighted by Gasteiger charge is 2.29. The zero-order chi connectivity index (χ0) is 13.0. The van der Waals surface area contributed by atoms with Crippen molar-refractivity contribution in [2.24, 2.45) is 0 Å². The van der Waals surface area contributed by atoms with Crippen LogP contribution in [0.25, 0.3) is 0 Å². The molecule has 0 N–H and O–H groups in total. The zero-order valence-electron chi connectivity index (χ0n) is 10.7. The number of halogens is 1. The molecule has 1 heterocycles. The van der Waals surface area contributed by atoms with Crippen LogP contribution in [0, 0.1) is 6.92 Å². The topological polar surface area (TPSA) is 33.2 Å². The lowest BCUT2D eigenvalue weighted by Crippen LogP contribution is -2.45. The molecular formula is C14H19BrN2O. The molecule has 0 atom stereocenters. The van der Waals surface area contributed by atoms with Crippen molar-refractivity contribution >= 4 is 21.8 Å². The number of nitrogens with zero attached hydrogens (tertiary/aromatic N) is 2. The molecule has 3 nitrogen and oxygen atoms in total.